The van der Waals surface area contributed by atoms with Gasteiger partial charge < -0.3 is 29.6 Å². The van der Waals surface area contributed by atoms with E-state index in [4.69, 9.17) is 9.84 Å². The molecule has 8 nitrogen and oxygen atoms in total. The number of carbonyl (C=O) groups excluding carboxylic acids is 1. The predicted octanol–water partition coefficient (Wildman–Crippen LogP) is 3.28. The van der Waals surface area contributed by atoms with Crippen molar-refractivity contribution in [3.63, 3.8) is 0 Å². The van der Waals surface area contributed by atoms with Crippen LogP contribution in [0.25, 0.3) is 0 Å². The first kappa shape index (κ1) is 31.5. The smallest absolute Gasteiger partial charge is 0.307 e. The molecule has 1 saturated carbocycles. The normalized spacial score (nSPS) is 24.5. The lowest BCUT2D eigenvalue weighted by Crippen LogP contribution is -2.43. The molecule has 35 heavy (non-hydrogen) atoms. The molecule has 0 bridgehead atoms. The quantitative estimate of drug-likeness (QED) is 0.0985. The summed E-state index contributed by atoms with van der Waals surface area (Å²) < 4.78 is 5.91. The molecule has 1 fully saturated rings. The Morgan fingerprint density at radius 1 is 1.03 bits per heavy atom. The fourth-order valence-electron chi connectivity index (χ4n) is 4.99. The van der Waals surface area contributed by atoms with Crippen LogP contribution in [0.4, 0.5) is 0 Å². The van der Waals surface area contributed by atoms with Crippen molar-refractivity contribution in [2.45, 2.75) is 108 Å². The molecule has 1 aliphatic rings. The standard InChI is InChI=1S/C27H49NO7/c1-5-6-9-12-20(29)15-16-23-22(24(30)18-25(23)31)13-10-7-8-11-14-27(34)35-21(17-26(32)33)19-28(2,3)4/h7,10,20-25,29-31H,5-6,8-9,11-19H2,1-4H3/p+1/b10-7+. The zero-order chi connectivity index (χ0) is 26.4. The minimum atomic E-state index is -0.984. The first-order chi connectivity index (χ1) is 16.4. The number of carboxylic acid groups (broad SMARTS) is 1. The number of aliphatic hydroxyl groups is 3. The van der Waals surface area contributed by atoms with Gasteiger partial charge in [0.1, 0.15) is 6.54 Å². The van der Waals surface area contributed by atoms with E-state index in [0.29, 0.717) is 49.6 Å². The van der Waals surface area contributed by atoms with Crippen molar-refractivity contribution in [3.8, 4) is 0 Å². The van der Waals surface area contributed by atoms with Crippen LogP contribution in [0.15, 0.2) is 12.2 Å². The molecule has 1 aliphatic carbocycles. The van der Waals surface area contributed by atoms with Crippen molar-refractivity contribution < 1.29 is 39.2 Å². The van der Waals surface area contributed by atoms with Crippen LogP contribution in [0.2, 0.25) is 0 Å². The van der Waals surface area contributed by atoms with Crippen LogP contribution in [0.3, 0.4) is 0 Å². The van der Waals surface area contributed by atoms with Gasteiger partial charge in [-0.2, -0.15) is 0 Å². The molecule has 6 unspecified atom stereocenters. The number of ether oxygens (including phenoxy) is 1. The van der Waals surface area contributed by atoms with Gasteiger partial charge >= 0.3 is 11.9 Å². The highest BCUT2D eigenvalue weighted by molar-refractivity contribution is 5.71. The number of aliphatic hydroxyl groups excluding tert-OH is 3. The highest BCUT2D eigenvalue weighted by Gasteiger charge is 2.40. The summed E-state index contributed by atoms with van der Waals surface area (Å²) in [5.74, 6) is -1.41. The van der Waals surface area contributed by atoms with E-state index >= 15 is 0 Å². The summed E-state index contributed by atoms with van der Waals surface area (Å²) in [6.07, 6.45) is 9.67. The Morgan fingerprint density at radius 2 is 1.71 bits per heavy atom. The summed E-state index contributed by atoms with van der Waals surface area (Å²) in [7, 11) is 5.77. The number of quaternary nitrogens is 1. The second kappa shape index (κ2) is 16.3. The lowest BCUT2D eigenvalue weighted by atomic mass is 9.85. The number of rotatable bonds is 18. The van der Waals surface area contributed by atoms with Crippen LogP contribution in [0, 0.1) is 11.8 Å². The van der Waals surface area contributed by atoms with Gasteiger partial charge in [-0.1, -0.05) is 38.3 Å². The van der Waals surface area contributed by atoms with Gasteiger partial charge in [-0.25, -0.2) is 0 Å². The number of nitrogens with zero attached hydrogens (tertiary/aromatic N) is 1. The fourth-order valence-corrected chi connectivity index (χ4v) is 4.99. The van der Waals surface area contributed by atoms with Gasteiger partial charge in [0, 0.05) is 6.42 Å². The Hall–Kier alpha value is -1.48. The van der Waals surface area contributed by atoms with E-state index in [-0.39, 0.29) is 36.8 Å². The molecule has 0 amide bonds. The third-order valence-electron chi connectivity index (χ3n) is 6.77. The number of likely N-dealkylation sites (N-methyl/N-ethyl adjacent to an activating group) is 1. The average Bonchev–Trinajstić information content (AvgIpc) is 2.99. The summed E-state index contributed by atoms with van der Waals surface area (Å²) in [6.45, 7) is 2.57. The van der Waals surface area contributed by atoms with Crippen LogP contribution in [0.5, 0.6) is 0 Å². The molecule has 0 aromatic heterocycles. The van der Waals surface area contributed by atoms with Crippen molar-refractivity contribution in [2.24, 2.45) is 11.8 Å². The van der Waals surface area contributed by atoms with E-state index in [2.05, 4.69) is 6.92 Å². The van der Waals surface area contributed by atoms with Crippen LogP contribution >= 0.6 is 0 Å². The van der Waals surface area contributed by atoms with Crippen molar-refractivity contribution in [3.05, 3.63) is 12.2 Å². The van der Waals surface area contributed by atoms with Crippen molar-refractivity contribution in [2.75, 3.05) is 27.7 Å². The Labute approximate surface area is 211 Å². The largest absolute Gasteiger partial charge is 0.481 e. The monoisotopic (exact) mass is 500 g/mol. The molecular weight excluding hydrogens is 450 g/mol. The highest BCUT2D eigenvalue weighted by Crippen LogP contribution is 2.38. The van der Waals surface area contributed by atoms with E-state index in [9.17, 15) is 24.9 Å². The summed E-state index contributed by atoms with van der Waals surface area (Å²) in [4.78, 5) is 23.2. The number of carboxylic acids is 1. The Morgan fingerprint density at radius 3 is 2.34 bits per heavy atom. The van der Waals surface area contributed by atoms with Crippen LogP contribution in [0.1, 0.15) is 84.0 Å². The van der Waals surface area contributed by atoms with Gasteiger partial charge in [-0.15, -0.1) is 0 Å². The zero-order valence-corrected chi connectivity index (χ0v) is 22.3. The first-order valence-electron chi connectivity index (χ1n) is 13.3. The number of hydrogen-bond acceptors (Lipinski definition) is 6. The number of carbonyl (C=O) groups is 2. The summed E-state index contributed by atoms with van der Waals surface area (Å²) in [5.41, 5.74) is 0. The highest BCUT2D eigenvalue weighted by atomic mass is 16.5. The minimum absolute atomic E-state index is 0.0159. The van der Waals surface area contributed by atoms with E-state index in [1.54, 1.807) is 0 Å². The second-order valence-electron chi connectivity index (χ2n) is 11.2. The van der Waals surface area contributed by atoms with Gasteiger partial charge in [0.25, 0.3) is 0 Å². The minimum Gasteiger partial charge on any atom is -0.481 e. The van der Waals surface area contributed by atoms with Crippen LogP contribution < -0.4 is 0 Å². The molecule has 1 rings (SSSR count). The number of hydrogen-bond donors (Lipinski definition) is 4. The zero-order valence-electron chi connectivity index (χ0n) is 22.3. The topological polar surface area (TPSA) is 124 Å². The van der Waals surface area contributed by atoms with Gasteiger partial charge in [-0.3, -0.25) is 9.59 Å². The first-order valence-corrected chi connectivity index (χ1v) is 13.3. The number of allylic oxidation sites excluding steroid dienone is 2. The molecule has 204 valence electrons. The maximum Gasteiger partial charge on any atom is 0.307 e. The molecule has 0 heterocycles. The van der Waals surface area contributed by atoms with E-state index in [1.807, 2.05) is 33.3 Å². The SMILES string of the molecule is CCCCCC(O)CCC1C(O)CC(O)C1C/C=C/CCCC(=O)OC(CC(=O)O)C[N+](C)(C)C. The molecule has 0 aromatic rings. The molecule has 0 saturated heterocycles. The average molecular weight is 501 g/mol. The molecule has 0 radical (unpaired) electrons. The summed E-state index contributed by atoms with van der Waals surface area (Å²) in [5, 5.41) is 40.1. The molecular formula is C27H50NO7+. The van der Waals surface area contributed by atoms with Crippen molar-refractivity contribution in [1.29, 1.82) is 0 Å². The third kappa shape index (κ3) is 14.0. The third-order valence-corrected chi connectivity index (χ3v) is 6.77. The van der Waals surface area contributed by atoms with E-state index < -0.39 is 24.3 Å². The number of aliphatic carboxylic acids is 1. The van der Waals surface area contributed by atoms with Crippen molar-refractivity contribution in [1.82, 2.24) is 0 Å². The van der Waals surface area contributed by atoms with Gasteiger partial charge in [-0.05, 0) is 56.8 Å². The summed E-state index contributed by atoms with van der Waals surface area (Å²) >= 11 is 0. The molecule has 0 aliphatic heterocycles. The van der Waals surface area contributed by atoms with E-state index in [0.717, 1.165) is 25.7 Å². The Balaban J connectivity index is 2.39. The van der Waals surface area contributed by atoms with Gasteiger partial charge in [0.15, 0.2) is 6.10 Å². The van der Waals surface area contributed by atoms with Gasteiger partial charge in [0.2, 0.25) is 0 Å². The fraction of sp³-hybridized carbons (Fsp3) is 0.852. The second-order valence-corrected chi connectivity index (χ2v) is 11.2. The van der Waals surface area contributed by atoms with E-state index in [1.165, 1.54) is 0 Å². The summed E-state index contributed by atoms with van der Waals surface area (Å²) in [6, 6.07) is 0. The maximum atomic E-state index is 12.2. The predicted molar refractivity (Wildman–Crippen MR) is 136 cm³/mol. The lowest BCUT2D eigenvalue weighted by Gasteiger charge is -2.28. The number of unbranched alkanes of at least 4 members (excludes halogenated alkanes) is 3. The lowest BCUT2D eigenvalue weighted by molar-refractivity contribution is -0.873. The Kier molecular flexibility index (Phi) is 14.7. The molecule has 0 spiro atoms. The number of esters is 1. The van der Waals surface area contributed by atoms with Gasteiger partial charge in [0.05, 0.1) is 45.9 Å². The molecule has 4 N–H and O–H groups in total. The maximum absolute atomic E-state index is 12.2. The molecule has 8 heteroatoms. The van der Waals surface area contributed by atoms with Crippen LogP contribution in [-0.2, 0) is 14.3 Å². The Bertz CT molecular complexity index is 646. The molecule has 0 aromatic carbocycles. The van der Waals surface area contributed by atoms with Crippen LogP contribution in [-0.4, -0.2) is 89.0 Å². The molecule has 6 atom stereocenters. The van der Waals surface area contributed by atoms with Crippen molar-refractivity contribution >= 4 is 11.9 Å².